The Morgan fingerprint density at radius 2 is 1.89 bits per heavy atom. The van der Waals surface area contributed by atoms with Gasteiger partial charge in [0.1, 0.15) is 12.3 Å². The number of alkyl halides is 3. The second-order valence-electron chi connectivity index (χ2n) is 6.03. The van der Waals surface area contributed by atoms with Crippen LogP contribution in [0.2, 0.25) is 0 Å². The Balaban J connectivity index is 2.09. The molecule has 0 saturated heterocycles. The molecule has 0 spiro atoms. The number of anilines is 1. The summed E-state index contributed by atoms with van der Waals surface area (Å²) in [6.07, 6.45) is -3.03. The Hall–Kier alpha value is -2.84. The van der Waals surface area contributed by atoms with Crippen molar-refractivity contribution in [2.75, 3.05) is 18.4 Å². The van der Waals surface area contributed by atoms with Crippen LogP contribution in [-0.4, -0.2) is 35.0 Å². The number of aromatic nitrogens is 1. The van der Waals surface area contributed by atoms with Crippen molar-refractivity contribution in [1.29, 1.82) is 0 Å². The largest absolute Gasteiger partial charge is 0.416 e. The highest BCUT2D eigenvalue weighted by Crippen LogP contribution is 2.29. The van der Waals surface area contributed by atoms with Gasteiger partial charge in [-0.1, -0.05) is 18.5 Å². The van der Waals surface area contributed by atoms with Crippen molar-refractivity contribution < 1.29 is 27.3 Å². The van der Waals surface area contributed by atoms with Crippen LogP contribution in [0.15, 0.2) is 34.9 Å². The van der Waals surface area contributed by atoms with Crippen LogP contribution >= 0.6 is 0 Å². The Kier molecular flexibility index (Phi) is 6.59. The van der Waals surface area contributed by atoms with E-state index in [9.17, 15) is 22.8 Å². The number of aryl methyl sites for hydroxylation is 1. The Bertz CT molecular complexity index is 785. The summed E-state index contributed by atoms with van der Waals surface area (Å²) >= 11 is 0. The molecule has 0 radical (unpaired) electrons. The molecule has 146 valence electrons. The zero-order chi connectivity index (χ0) is 20.0. The minimum absolute atomic E-state index is 0.0872. The van der Waals surface area contributed by atoms with Gasteiger partial charge in [0.25, 0.3) is 5.91 Å². The molecule has 9 heteroatoms. The van der Waals surface area contributed by atoms with E-state index >= 15 is 0 Å². The molecule has 1 N–H and O–H groups in total. The zero-order valence-electron chi connectivity index (χ0n) is 15.0. The zero-order valence-corrected chi connectivity index (χ0v) is 15.0. The fourth-order valence-electron chi connectivity index (χ4n) is 2.37. The highest BCUT2D eigenvalue weighted by Gasteiger charge is 2.30. The van der Waals surface area contributed by atoms with Crippen molar-refractivity contribution in [1.82, 2.24) is 10.1 Å². The molecule has 0 bridgehead atoms. The first-order chi connectivity index (χ1) is 12.7. The number of carbonyl (C=O) groups is 2. The van der Waals surface area contributed by atoms with Gasteiger partial charge in [0, 0.05) is 18.2 Å². The molecule has 1 aromatic heterocycles. The van der Waals surface area contributed by atoms with E-state index < -0.39 is 23.6 Å². The molecular formula is C18H20F3N3O3. The van der Waals surface area contributed by atoms with Gasteiger partial charge < -0.3 is 14.7 Å². The molecule has 2 rings (SSSR count). The number of hydrogen-bond donors (Lipinski definition) is 1. The molecule has 6 nitrogen and oxygen atoms in total. The Morgan fingerprint density at radius 3 is 2.41 bits per heavy atom. The molecule has 0 aliphatic heterocycles. The fraction of sp³-hybridized carbons (Fsp3) is 0.389. The lowest BCUT2D eigenvalue weighted by Gasteiger charge is -2.22. The number of nitrogens with one attached hydrogen (secondary N) is 1. The van der Waals surface area contributed by atoms with Crippen LogP contribution in [0.25, 0.3) is 0 Å². The summed E-state index contributed by atoms with van der Waals surface area (Å²) in [5.74, 6) is -0.229. The van der Waals surface area contributed by atoms with E-state index in [4.69, 9.17) is 4.52 Å². The number of amides is 2. The maximum atomic E-state index is 12.7. The molecule has 2 amide bonds. The standard InChI is InChI=1S/C18H20F3N3O3/c1-3-4-9-24(11-16(25)22-15-10-12(2)27-23-15)17(26)13-5-7-14(8-6-13)18(19,20)21/h5-8,10H,3-4,9,11H2,1-2H3,(H,22,23,25). The van der Waals surface area contributed by atoms with E-state index in [-0.39, 0.29) is 17.9 Å². The number of carbonyl (C=O) groups excluding carboxylic acids is 2. The average molecular weight is 383 g/mol. The number of halogens is 3. The van der Waals surface area contributed by atoms with Crippen molar-refractivity contribution in [3.05, 3.63) is 47.2 Å². The summed E-state index contributed by atoms with van der Waals surface area (Å²) in [5, 5.41) is 6.16. The maximum absolute atomic E-state index is 12.7. The molecule has 1 heterocycles. The third kappa shape index (κ3) is 5.83. The molecule has 0 aliphatic carbocycles. The van der Waals surface area contributed by atoms with Gasteiger partial charge in [-0.2, -0.15) is 13.2 Å². The van der Waals surface area contributed by atoms with Crippen molar-refractivity contribution in [2.45, 2.75) is 32.9 Å². The molecule has 0 fully saturated rings. The minimum atomic E-state index is -4.47. The fourth-order valence-corrected chi connectivity index (χ4v) is 2.37. The quantitative estimate of drug-likeness (QED) is 0.787. The van der Waals surface area contributed by atoms with Crippen molar-refractivity contribution in [2.24, 2.45) is 0 Å². The van der Waals surface area contributed by atoms with E-state index in [1.807, 2.05) is 6.92 Å². The predicted octanol–water partition coefficient (Wildman–Crippen LogP) is 3.88. The van der Waals surface area contributed by atoms with Crippen LogP contribution in [0.1, 0.15) is 41.4 Å². The summed E-state index contributed by atoms with van der Waals surface area (Å²) in [6, 6.07) is 5.46. The second-order valence-corrected chi connectivity index (χ2v) is 6.03. The topological polar surface area (TPSA) is 75.4 Å². The van der Waals surface area contributed by atoms with Crippen LogP contribution in [-0.2, 0) is 11.0 Å². The van der Waals surface area contributed by atoms with Gasteiger partial charge in [0.2, 0.25) is 5.91 Å². The van der Waals surface area contributed by atoms with Gasteiger partial charge in [-0.3, -0.25) is 9.59 Å². The van der Waals surface area contributed by atoms with Gasteiger partial charge in [-0.25, -0.2) is 0 Å². The first-order valence-corrected chi connectivity index (χ1v) is 8.40. The van der Waals surface area contributed by atoms with Crippen LogP contribution in [0.4, 0.5) is 19.0 Å². The molecular weight excluding hydrogens is 363 g/mol. The highest BCUT2D eigenvalue weighted by molar-refractivity contribution is 5.99. The summed E-state index contributed by atoms with van der Waals surface area (Å²) in [6.45, 7) is 3.66. The minimum Gasteiger partial charge on any atom is -0.360 e. The van der Waals surface area contributed by atoms with Crippen LogP contribution in [0, 0.1) is 6.92 Å². The lowest BCUT2D eigenvalue weighted by molar-refractivity contribution is -0.137. The lowest BCUT2D eigenvalue weighted by Crippen LogP contribution is -2.38. The molecule has 0 saturated carbocycles. The normalized spacial score (nSPS) is 11.3. The second kappa shape index (κ2) is 8.70. The first kappa shape index (κ1) is 20.5. The molecule has 0 atom stereocenters. The van der Waals surface area contributed by atoms with Crippen molar-refractivity contribution in [3.8, 4) is 0 Å². The van der Waals surface area contributed by atoms with Gasteiger partial charge >= 0.3 is 6.18 Å². The number of rotatable bonds is 7. The number of unbranched alkanes of at least 4 members (excludes halogenated alkanes) is 1. The van der Waals surface area contributed by atoms with Gasteiger partial charge in [-0.15, -0.1) is 0 Å². The SMILES string of the molecule is CCCCN(CC(=O)Nc1cc(C)on1)C(=O)c1ccc(C(F)(F)F)cc1. The van der Waals surface area contributed by atoms with E-state index in [2.05, 4.69) is 10.5 Å². The molecule has 2 aromatic rings. The average Bonchev–Trinajstić information content (AvgIpc) is 3.02. The van der Waals surface area contributed by atoms with Crippen LogP contribution in [0.5, 0.6) is 0 Å². The molecule has 0 aliphatic rings. The van der Waals surface area contributed by atoms with Gasteiger partial charge in [0.05, 0.1) is 5.56 Å². The Morgan fingerprint density at radius 1 is 1.22 bits per heavy atom. The van der Waals surface area contributed by atoms with E-state index in [0.717, 1.165) is 30.7 Å². The lowest BCUT2D eigenvalue weighted by atomic mass is 10.1. The molecule has 1 aromatic carbocycles. The van der Waals surface area contributed by atoms with E-state index in [1.165, 1.54) is 11.0 Å². The molecule has 0 unspecified atom stereocenters. The van der Waals surface area contributed by atoms with Gasteiger partial charge in [0.15, 0.2) is 5.82 Å². The molecule has 27 heavy (non-hydrogen) atoms. The third-order valence-electron chi connectivity index (χ3n) is 3.76. The number of hydrogen-bond acceptors (Lipinski definition) is 4. The number of benzene rings is 1. The van der Waals surface area contributed by atoms with Crippen molar-refractivity contribution >= 4 is 17.6 Å². The Labute approximate surface area is 154 Å². The van der Waals surface area contributed by atoms with Crippen molar-refractivity contribution in [3.63, 3.8) is 0 Å². The van der Waals surface area contributed by atoms with Crippen LogP contribution < -0.4 is 5.32 Å². The van der Waals surface area contributed by atoms with Crippen LogP contribution in [0.3, 0.4) is 0 Å². The summed E-state index contributed by atoms with van der Waals surface area (Å²) < 4.78 is 42.8. The summed E-state index contributed by atoms with van der Waals surface area (Å²) in [7, 11) is 0. The summed E-state index contributed by atoms with van der Waals surface area (Å²) in [4.78, 5) is 26.1. The predicted molar refractivity (Wildman–Crippen MR) is 92.1 cm³/mol. The monoisotopic (exact) mass is 383 g/mol. The first-order valence-electron chi connectivity index (χ1n) is 8.40. The van der Waals surface area contributed by atoms with E-state index in [0.29, 0.717) is 18.7 Å². The van der Waals surface area contributed by atoms with E-state index in [1.54, 1.807) is 6.92 Å². The third-order valence-corrected chi connectivity index (χ3v) is 3.76. The maximum Gasteiger partial charge on any atom is 0.416 e. The highest BCUT2D eigenvalue weighted by atomic mass is 19.4. The van der Waals surface area contributed by atoms with Gasteiger partial charge in [-0.05, 0) is 37.6 Å². The number of nitrogens with zero attached hydrogens (tertiary/aromatic N) is 2. The smallest absolute Gasteiger partial charge is 0.360 e. The summed E-state index contributed by atoms with van der Waals surface area (Å²) in [5.41, 5.74) is -0.748.